The average molecular weight is 291 g/mol. The SMILES string of the molecule is CCOc1ccc(-c2ccc(C(=O)OC)cc2)c(Cl)c1. The molecule has 104 valence electrons. The van der Waals surface area contributed by atoms with Crippen LogP contribution in [0.1, 0.15) is 17.3 Å². The number of benzene rings is 2. The van der Waals surface area contributed by atoms with E-state index in [1.54, 1.807) is 18.2 Å². The summed E-state index contributed by atoms with van der Waals surface area (Å²) in [4.78, 5) is 11.4. The highest BCUT2D eigenvalue weighted by atomic mass is 35.5. The highest BCUT2D eigenvalue weighted by Gasteiger charge is 2.08. The van der Waals surface area contributed by atoms with Crippen LogP contribution in [0, 0.1) is 0 Å². The second kappa shape index (κ2) is 6.44. The Morgan fingerprint density at radius 3 is 2.40 bits per heavy atom. The molecule has 0 radical (unpaired) electrons. The molecule has 0 fully saturated rings. The van der Waals surface area contributed by atoms with Gasteiger partial charge in [0.15, 0.2) is 0 Å². The fraction of sp³-hybridized carbons (Fsp3) is 0.188. The molecule has 0 saturated heterocycles. The third kappa shape index (κ3) is 3.11. The van der Waals surface area contributed by atoms with Gasteiger partial charge < -0.3 is 9.47 Å². The van der Waals surface area contributed by atoms with E-state index < -0.39 is 0 Å². The molecule has 2 rings (SSSR count). The van der Waals surface area contributed by atoms with Gasteiger partial charge in [0.05, 0.1) is 24.3 Å². The molecule has 0 bridgehead atoms. The molecule has 3 nitrogen and oxygen atoms in total. The molecule has 0 unspecified atom stereocenters. The van der Waals surface area contributed by atoms with Gasteiger partial charge in [0.2, 0.25) is 0 Å². The standard InChI is InChI=1S/C16H15ClO3/c1-3-20-13-8-9-14(15(17)10-13)11-4-6-12(7-5-11)16(18)19-2/h4-10H,3H2,1-2H3. The van der Waals surface area contributed by atoms with Gasteiger partial charge >= 0.3 is 5.97 Å². The summed E-state index contributed by atoms with van der Waals surface area (Å²) in [6, 6.07) is 12.7. The van der Waals surface area contributed by atoms with Crippen LogP contribution in [-0.2, 0) is 4.74 Å². The third-order valence-electron chi connectivity index (χ3n) is 2.87. The van der Waals surface area contributed by atoms with E-state index in [9.17, 15) is 4.79 Å². The van der Waals surface area contributed by atoms with Crippen molar-refractivity contribution in [1.29, 1.82) is 0 Å². The van der Waals surface area contributed by atoms with Gasteiger partial charge in [-0.15, -0.1) is 0 Å². The van der Waals surface area contributed by atoms with Crippen LogP contribution in [0.4, 0.5) is 0 Å². The van der Waals surface area contributed by atoms with Crippen molar-refractivity contribution in [2.45, 2.75) is 6.92 Å². The van der Waals surface area contributed by atoms with Gasteiger partial charge in [-0.1, -0.05) is 23.7 Å². The lowest BCUT2D eigenvalue weighted by molar-refractivity contribution is 0.0601. The molecule has 20 heavy (non-hydrogen) atoms. The maximum atomic E-state index is 11.4. The first kappa shape index (κ1) is 14.4. The van der Waals surface area contributed by atoms with E-state index in [4.69, 9.17) is 16.3 Å². The van der Waals surface area contributed by atoms with Crippen LogP contribution in [-0.4, -0.2) is 19.7 Å². The summed E-state index contributed by atoms with van der Waals surface area (Å²) in [6.45, 7) is 2.52. The molecular weight excluding hydrogens is 276 g/mol. The number of rotatable bonds is 4. The normalized spacial score (nSPS) is 10.2. The molecule has 4 heteroatoms. The van der Waals surface area contributed by atoms with Crippen LogP contribution >= 0.6 is 11.6 Å². The molecule has 0 aliphatic rings. The van der Waals surface area contributed by atoms with Crippen molar-refractivity contribution >= 4 is 17.6 Å². The summed E-state index contributed by atoms with van der Waals surface area (Å²) in [6.07, 6.45) is 0. The van der Waals surface area contributed by atoms with Crippen molar-refractivity contribution in [1.82, 2.24) is 0 Å². The Morgan fingerprint density at radius 2 is 1.85 bits per heavy atom. The van der Waals surface area contributed by atoms with Gasteiger partial charge in [-0.3, -0.25) is 0 Å². The summed E-state index contributed by atoms with van der Waals surface area (Å²) >= 11 is 6.26. The third-order valence-corrected chi connectivity index (χ3v) is 3.18. The van der Waals surface area contributed by atoms with Gasteiger partial charge in [0.25, 0.3) is 0 Å². The Morgan fingerprint density at radius 1 is 1.15 bits per heavy atom. The minimum Gasteiger partial charge on any atom is -0.494 e. The molecule has 0 aromatic heterocycles. The maximum absolute atomic E-state index is 11.4. The maximum Gasteiger partial charge on any atom is 0.337 e. The zero-order valence-corrected chi connectivity index (χ0v) is 12.1. The molecule has 0 aliphatic heterocycles. The zero-order chi connectivity index (χ0) is 14.5. The lowest BCUT2D eigenvalue weighted by Crippen LogP contribution is -2.00. The molecule has 0 heterocycles. The number of hydrogen-bond acceptors (Lipinski definition) is 3. The fourth-order valence-corrected chi connectivity index (χ4v) is 2.17. The van der Waals surface area contributed by atoms with Gasteiger partial charge in [0, 0.05) is 5.56 Å². The summed E-state index contributed by atoms with van der Waals surface area (Å²) in [5.41, 5.74) is 2.34. The molecule has 0 atom stereocenters. The van der Waals surface area contributed by atoms with Crippen molar-refractivity contribution in [3.05, 3.63) is 53.1 Å². The summed E-state index contributed by atoms with van der Waals surface area (Å²) in [7, 11) is 1.36. The van der Waals surface area contributed by atoms with Gasteiger partial charge in [-0.25, -0.2) is 4.79 Å². The Kier molecular flexibility index (Phi) is 4.64. The summed E-state index contributed by atoms with van der Waals surface area (Å²) in [5, 5.41) is 0.613. The van der Waals surface area contributed by atoms with Gasteiger partial charge in [-0.2, -0.15) is 0 Å². The van der Waals surface area contributed by atoms with Crippen LogP contribution in [0.25, 0.3) is 11.1 Å². The van der Waals surface area contributed by atoms with Crippen LogP contribution in [0.5, 0.6) is 5.75 Å². The number of carbonyl (C=O) groups excluding carboxylic acids is 1. The molecule has 0 aliphatic carbocycles. The molecule has 0 N–H and O–H groups in total. The Hall–Kier alpha value is -2.00. The fourth-order valence-electron chi connectivity index (χ4n) is 1.89. The first-order valence-corrected chi connectivity index (χ1v) is 6.64. The first-order valence-electron chi connectivity index (χ1n) is 6.26. The lowest BCUT2D eigenvalue weighted by atomic mass is 10.0. The predicted molar refractivity (Wildman–Crippen MR) is 79.4 cm³/mol. The van der Waals surface area contributed by atoms with E-state index in [0.29, 0.717) is 17.2 Å². The van der Waals surface area contributed by atoms with Crippen molar-refractivity contribution in [2.75, 3.05) is 13.7 Å². The number of ether oxygens (including phenoxy) is 2. The van der Waals surface area contributed by atoms with E-state index >= 15 is 0 Å². The van der Waals surface area contributed by atoms with E-state index in [0.717, 1.165) is 16.9 Å². The predicted octanol–water partition coefficient (Wildman–Crippen LogP) is 4.19. The topological polar surface area (TPSA) is 35.5 Å². The molecule has 2 aromatic rings. The molecule has 0 spiro atoms. The van der Waals surface area contributed by atoms with Crippen molar-refractivity contribution < 1.29 is 14.3 Å². The number of esters is 1. The Bertz CT molecular complexity index is 606. The Labute approximate surface area is 123 Å². The van der Waals surface area contributed by atoms with E-state index in [2.05, 4.69) is 4.74 Å². The van der Waals surface area contributed by atoms with Crippen LogP contribution in [0.2, 0.25) is 5.02 Å². The average Bonchev–Trinajstić information content (AvgIpc) is 2.47. The quantitative estimate of drug-likeness (QED) is 0.792. The second-order valence-electron chi connectivity index (χ2n) is 4.14. The van der Waals surface area contributed by atoms with Crippen LogP contribution in [0.15, 0.2) is 42.5 Å². The zero-order valence-electron chi connectivity index (χ0n) is 11.4. The van der Waals surface area contributed by atoms with Gasteiger partial charge in [-0.05, 0) is 42.8 Å². The van der Waals surface area contributed by atoms with Crippen molar-refractivity contribution in [3.8, 4) is 16.9 Å². The summed E-state index contributed by atoms with van der Waals surface area (Å²) < 4.78 is 10.1. The van der Waals surface area contributed by atoms with Crippen LogP contribution in [0.3, 0.4) is 0 Å². The van der Waals surface area contributed by atoms with E-state index in [1.807, 2.05) is 31.2 Å². The smallest absolute Gasteiger partial charge is 0.337 e. The number of methoxy groups -OCH3 is 1. The second-order valence-corrected chi connectivity index (χ2v) is 4.55. The largest absolute Gasteiger partial charge is 0.494 e. The highest BCUT2D eigenvalue weighted by molar-refractivity contribution is 6.33. The van der Waals surface area contributed by atoms with Crippen molar-refractivity contribution in [2.24, 2.45) is 0 Å². The first-order chi connectivity index (χ1) is 9.65. The van der Waals surface area contributed by atoms with Crippen molar-refractivity contribution in [3.63, 3.8) is 0 Å². The number of hydrogen-bond donors (Lipinski definition) is 0. The molecule has 0 saturated carbocycles. The minimum absolute atomic E-state index is 0.352. The van der Waals surface area contributed by atoms with E-state index in [-0.39, 0.29) is 5.97 Å². The highest BCUT2D eigenvalue weighted by Crippen LogP contribution is 2.31. The molecular formula is C16H15ClO3. The minimum atomic E-state index is -0.352. The monoisotopic (exact) mass is 290 g/mol. The summed E-state index contributed by atoms with van der Waals surface area (Å²) in [5.74, 6) is 0.391. The molecule has 0 amide bonds. The van der Waals surface area contributed by atoms with Crippen LogP contribution < -0.4 is 4.74 Å². The van der Waals surface area contributed by atoms with E-state index in [1.165, 1.54) is 7.11 Å². The number of halogens is 1. The number of carbonyl (C=O) groups is 1. The molecule has 2 aromatic carbocycles. The lowest BCUT2D eigenvalue weighted by Gasteiger charge is -2.08. The Balaban J connectivity index is 2.29. The van der Waals surface area contributed by atoms with Gasteiger partial charge in [0.1, 0.15) is 5.75 Å².